The van der Waals surface area contributed by atoms with E-state index in [1.165, 1.54) is 6.08 Å². The van der Waals surface area contributed by atoms with E-state index < -0.39 is 0 Å². The number of allylic oxidation sites excluding steroid dienone is 1. The van der Waals surface area contributed by atoms with E-state index in [4.69, 9.17) is 19.9 Å². The molecular weight excluding hydrogens is 404 g/mol. The molecule has 6 nitrogen and oxygen atoms in total. The second kappa shape index (κ2) is 10.7. The van der Waals surface area contributed by atoms with Crippen LogP contribution in [-0.4, -0.2) is 27.1 Å². The highest BCUT2D eigenvalue weighted by Gasteiger charge is 2.12. The number of methoxy groups -OCH3 is 3. The zero-order valence-electron chi connectivity index (χ0n) is 18.3. The molecule has 0 aliphatic heterocycles. The van der Waals surface area contributed by atoms with Crippen molar-refractivity contribution in [3.63, 3.8) is 0 Å². The van der Waals surface area contributed by atoms with Crippen molar-refractivity contribution in [1.82, 2.24) is 0 Å². The summed E-state index contributed by atoms with van der Waals surface area (Å²) in [5, 5.41) is 3.12. The van der Waals surface area contributed by atoms with Gasteiger partial charge in [0.1, 0.15) is 0 Å². The fraction of sp³-hybridized carbons (Fsp3) is 0.115. The Balaban J connectivity index is 1.72. The molecular formula is C26H26N2O4. The molecule has 0 saturated carbocycles. The third-order valence-electron chi connectivity index (χ3n) is 4.75. The lowest BCUT2D eigenvalue weighted by molar-refractivity contribution is 0.104. The van der Waals surface area contributed by atoms with Crippen LogP contribution in [0.15, 0.2) is 72.9 Å². The molecule has 0 aliphatic rings. The molecule has 3 aromatic carbocycles. The van der Waals surface area contributed by atoms with Crippen molar-refractivity contribution in [3.05, 3.63) is 89.6 Å². The van der Waals surface area contributed by atoms with Gasteiger partial charge in [-0.2, -0.15) is 0 Å². The van der Waals surface area contributed by atoms with Gasteiger partial charge >= 0.3 is 0 Å². The SMILES string of the molecule is COc1cc(C=Cc2cccc(NC=CC(=O)c3ccccc3N)c2)cc(OC)c1OC. The van der Waals surface area contributed by atoms with Crippen LogP contribution in [-0.2, 0) is 0 Å². The summed E-state index contributed by atoms with van der Waals surface area (Å²) >= 11 is 0. The lowest BCUT2D eigenvalue weighted by Gasteiger charge is -2.12. The highest BCUT2D eigenvalue weighted by molar-refractivity contribution is 6.08. The van der Waals surface area contributed by atoms with Crippen LogP contribution in [0.3, 0.4) is 0 Å². The number of nitrogens with one attached hydrogen (secondary N) is 1. The summed E-state index contributed by atoms with van der Waals surface area (Å²) in [5.41, 5.74) is 9.53. The lowest BCUT2D eigenvalue weighted by atomic mass is 10.1. The van der Waals surface area contributed by atoms with Crippen molar-refractivity contribution in [1.29, 1.82) is 0 Å². The molecule has 0 spiro atoms. The van der Waals surface area contributed by atoms with E-state index in [0.717, 1.165) is 16.8 Å². The summed E-state index contributed by atoms with van der Waals surface area (Å²) in [6.45, 7) is 0. The standard InChI is InChI=1S/C26H26N2O4/c1-30-24-16-19(17-25(31-2)26(24)32-3)12-11-18-7-6-8-20(15-18)28-14-13-23(29)21-9-4-5-10-22(21)27/h4-17,28H,27H2,1-3H3. The van der Waals surface area contributed by atoms with Gasteiger partial charge in [-0.3, -0.25) is 4.79 Å². The molecule has 0 aliphatic carbocycles. The number of ketones is 1. The van der Waals surface area contributed by atoms with E-state index in [2.05, 4.69) is 5.32 Å². The third-order valence-corrected chi connectivity index (χ3v) is 4.75. The largest absolute Gasteiger partial charge is 0.493 e. The van der Waals surface area contributed by atoms with E-state index in [1.54, 1.807) is 51.8 Å². The van der Waals surface area contributed by atoms with Crippen LogP contribution < -0.4 is 25.3 Å². The molecule has 0 radical (unpaired) electrons. The maximum atomic E-state index is 12.3. The number of benzene rings is 3. The van der Waals surface area contributed by atoms with E-state index in [1.807, 2.05) is 48.6 Å². The number of hydrogen-bond acceptors (Lipinski definition) is 6. The predicted molar refractivity (Wildman–Crippen MR) is 129 cm³/mol. The van der Waals surface area contributed by atoms with Gasteiger partial charge in [-0.25, -0.2) is 0 Å². The normalized spacial score (nSPS) is 11.0. The van der Waals surface area contributed by atoms with Crippen molar-refractivity contribution >= 4 is 29.3 Å². The van der Waals surface area contributed by atoms with Gasteiger partial charge in [-0.15, -0.1) is 0 Å². The Morgan fingerprint density at radius 1 is 0.844 bits per heavy atom. The second-order valence-electron chi connectivity index (χ2n) is 6.85. The average molecular weight is 431 g/mol. The molecule has 0 fully saturated rings. The Morgan fingerprint density at radius 2 is 1.53 bits per heavy atom. The van der Waals surface area contributed by atoms with Crippen molar-refractivity contribution < 1.29 is 19.0 Å². The van der Waals surface area contributed by atoms with Crippen LogP contribution in [0.2, 0.25) is 0 Å². The summed E-state index contributed by atoms with van der Waals surface area (Å²) in [6, 6.07) is 18.6. The number of carbonyl (C=O) groups is 1. The van der Waals surface area contributed by atoms with Gasteiger partial charge in [0.2, 0.25) is 5.75 Å². The number of anilines is 2. The van der Waals surface area contributed by atoms with Crippen LogP contribution in [0, 0.1) is 0 Å². The molecule has 3 aromatic rings. The first kappa shape index (κ1) is 22.5. The minimum Gasteiger partial charge on any atom is -0.493 e. The van der Waals surface area contributed by atoms with Gasteiger partial charge in [0.25, 0.3) is 0 Å². The number of nitrogens with two attached hydrogens (primary N) is 1. The summed E-state index contributed by atoms with van der Waals surface area (Å²) < 4.78 is 16.2. The van der Waals surface area contributed by atoms with Gasteiger partial charge in [-0.1, -0.05) is 36.4 Å². The zero-order chi connectivity index (χ0) is 22.9. The minimum atomic E-state index is -0.158. The predicted octanol–water partition coefficient (Wildman–Crippen LogP) is 5.27. The van der Waals surface area contributed by atoms with Crippen molar-refractivity contribution in [2.75, 3.05) is 32.4 Å². The van der Waals surface area contributed by atoms with Crippen molar-refractivity contribution in [2.24, 2.45) is 0 Å². The van der Waals surface area contributed by atoms with Crippen LogP contribution in [0.25, 0.3) is 12.2 Å². The number of para-hydroxylation sites is 1. The molecule has 0 heterocycles. The molecule has 3 N–H and O–H groups in total. The summed E-state index contributed by atoms with van der Waals surface area (Å²) in [7, 11) is 4.75. The summed E-state index contributed by atoms with van der Waals surface area (Å²) in [5.74, 6) is 1.58. The molecule has 164 valence electrons. The number of rotatable bonds is 9. The first-order valence-corrected chi connectivity index (χ1v) is 9.95. The minimum absolute atomic E-state index is 0.158. The Hall–Kier alpha value is -4.19. The number of ether oxygens (including phenoxy) is 3. The van der Waals surface area contributed by atoms with Crippen molar-refractivity contribution in [3.8, 4) is 17.2 Å². The lowest BCUT2D eigenvalue weighted by Crippen LogP contribution is -2.01. The summed E-state index contributed by atoms with van der Waals surface area (Å²) in [6.07, 6.45) is 7.01. The number of hydrogen-bond donors (Lipinski definition) is 2. The molecule has 0 unspecified atom stereocenters. The van der Waals surface area contributed by atoms with Gasteiger partial charge in [0.15, 0.2) is 17.3 Å². The zero-order valence-corrected chi connectivity index (χ0v) is 18.3. The smallest absolute Gasteiger partial charge is 0.203 e. The fourth-order valence-corrected chi connectivity index (χ4v) is 3.15. The van der Waals surface area contributed by atoms with Crippen LogP contribution in [0.1, 0.15) is 21.5 Å². The Kier molecular flexibility index (Phi) is 7.54. The first-order valence-electron chi connectivity index (χ1n) is 9.95. The molecule has 0 saturated heterocycles. The highest BCUT2D eigenvalue weighted by atomic mass is 16.5. The maximum absolute atomic E-state index is 12.3. The summed E-state index contributed by atoms with van der Waals surface area (Å²) in [4.78, 5) is 12.3. The van der Waals surface area contributed by atoms with Gasteiger partial charge in [0.05, 0.1) is 21.3 Å². The fourth-order valence-electron chi connectivity index (χ4n) is 3.15. The number of nitrogen functional groups attached to an aromatic ring is 1. The maximum Gasteiger partial charge on any atom is 0.203 e. The van der Waals surface area contributed by atoms with Crippen LogP contribution >= 0.6 is 0 Å². The molecule has 0 aromatic heterocycles. The molecule has 3 rings (SSSR count). The first-order chi connectivity index (χ1) is 15.5. The second-order valence-corrected chi connectivity index (χ2v) is 6.85. The van der Waals surface area contributed by atoms with E-state index in [-0.39, 0.29) is 5.78 Å². The molecule has 0 bridgehead atoms. The van der Waals surface area contributed by atoms with E-state index in [9.17, 15) is 4.79 Å². The molecule has 6 heteroatoms. The van der Waals surface area contributed by atoms with E-state index >= 15 is 0 Å². The van der Waals surface area contributed by atoms with Gasteiger partial charge in [-0.05, 0) is 47.5 Å². The van der Waals surface area contributed by atoms with Crippen molar-refractivity contribution in [2.45, 2.75) is 0 Å². The van der Waals surface area contributed by atoms with E-state index in [0.29, 0.717) is 28.5 Å². The molecule has 0 atom stereocenters. The van der Waals surface area contributed by atoms with Crippen LogP contribution in [0.4, 0.5) is 11.4 Å². The molecule has 0 amide bonds. The van der Waals surface area contributed by atoms with Gasteiger partial charge in [0, 0.05) is 29.2 Å². The quantitative estimate of drug-likeness (QED) is 0.208. The van der Waals surface area contributed by atoms with Crippen LogP contribution in [0.5, 0.6) is 17.2 Å². The average Bonchev–Trinajstić information content (AvgIpc) is 2.82. The Bertz CT molecular complexity index is 1130. The van der Waals surface area contributed by atoms with Gasteiger partial charge < -0.3 is 25.3 Å². The monoisotopic (exact) mass is 430 g/mol. The Labute approximate surface area is 187 Å². The Morgan fingerprint density at radius 3 is 2.19 bits per heavy atom. The number of carbonyl (C=O) groups excluding carboxylic acids is 1. The third kappa shape index (κ3) is 5.49. The topological polar surface area (TPSA) is 82.8 Å². The highest BCUT2D eigenvalue weighted by Crippen LogP contribution is 2.38. The molecule has 32 heavy (non-hydrogen) atoms.